The second-order valence-corrected chi connectivity index (χ2v) is 5.73. The molecule has 0 radical (unpaired) electrons. The van der Waals surface area contributed by atoms with E-state index in [4.69, 9.17) is 5.73 Å². The van der Waals surface area contributed by atoms with E-state index in [0.29, 0.717) is 16.6 Å². The number of carbonyl (C=O) groups excluding carboxylic acids is 3. The second-order valence-electron chi connectivity index (χ2n) is 5.73. The minimum absolute atomic E-state index is 0.151. The van der Waals surface area contributed by atoms with Gasteiger partial charge in [-0.1, -0.05) is 30.3 Å². The maximum atomic E-state index is 12.7. The first-order chi connectivity index (χ1) is 11.9. The predicted octanol–water partition coefficient (Wildman–Crippen LogP) is 2.41. The lowest BCUT2D eigenvalue weighted by Gasteiger charge is -2.08. The van der Waals surface area contributed by atoms with Crippen LogP contribution in [0.15, 0.2) is 48.5 Å². The van der Waals surface area contributed by atoms with Crippen LogP contribution in [0.5, 0.6) is 0 Å². The number of primary amides is 1. The summed E-state index contributed by atoms with van der Waals surface area (Å²) in [6.45, 7) is 1.79. The van der Waals surface area contributed by atoms with E-state index >= 15 is 0 Å². The van der Waals surface area contributed by atoms with E-state index in [0.717, 1.165) is 5.52 Å². The van der Waals surface area contributed by atoms with Gasteiger partial charge in [0.25, 0.3) is 17.6 Å². The molecule has 0 atom stereocenters. The average molecular weight is 335 g/mol. The van der Waals surface area contributed by atoms with Crippen LogP contribution >= 0.6 is 0 Å². The number of benzene rings is 2. The van der Waals surface area contributed by atoms with Gasteiger partial charge in [0.1, 0.15) is 0 Å². The zero-order valence-corrected chi connectivity index (χ0v) is 13.9. The van der Waals surface area contributed by atoms with Gasteiger partial charge in [0.15, 0.2) is 0 Å². The second kappa shape index (κ2) is 6.24. The third-order valence-corrected chi connectivity index (χ3v) is 4.27. The van der Waals surface area contributed by atoms with E-state index in [-0.39, 0.29) is 11.3 Å². The molecule has 6 heteroatoms. The molecule has 2 aromatic carbocycles. The Kier molecular flexibility index (Phi) is 4.10. The SMILES string of the molecule is Cc1c(C(=O)C(=O)Nc2ccccc2C(N)=O)c2ccccc2n1C. The molecule has 2 amide bonds. The van der Waals surface area contributed by atoms with Crippen LogP contribution in [-0.2, 0) is 11.8 Å². The minimum Gasteiger partial charge on any atom is -0.366 e. The summed E-state index contributed by atoms with van der Waals surface area (Å²) in [5.41, 5.74) is 7.59. The average Bonchev–Trinajstić information content (AvgIpc) is 2.86. The fourth-order valence-corrected chi connectivity index (χ4v) is 2.91. The fraction of sp³-hybridized carbons (Fsp3) is 0.105. The topological polar surface area (TPSA) is 94.2 Å². The number of para-hydroxylation sites is 2. The number of hydrogen-bond acceptors (Lipinski definition) is 3. The fourth-order valence-electron chi connectivity index (χ4n) is 2.91. The van der Waals surface area contributed by atoms with Gasteiger partial charge in [0.05, 0.1) is 16.8 Å². The smallest absolute Gasteiger partial charge is 0.296 e. The van der Waals surface area contributed by atoms with Crippen LogP contribution in [0.3, 0.4) is 0 Å². The highest BCUT2D eigenvalue weighted by Gasteiger charge is 2.25. The quantitative estimate of drug-likeness (QED) is 0.566. The number of nitrogens with one attached hydrogen (secondary N) is 1. The summed E-state index contributed by atoms with van der Waals surface area (Å²) in [4.78, 5) is 36.7. The molecule has 126 valence electrons. The lowest BCUT2D eigenvalue weighted by Crippen LogP contribution is -2.25. The first-order valence-corrected chi connectivity index (χ1v) is 7.70. The molecular weight excluding hydrogens is 318 g/mol. The van der Waals surface area contributed by atoms with Gasteiger partial charge in [-0.15, -0.1) is 0 Å². The van der Waals surface area contributed by atoms with Crippen LogP contribution in [0, 0.1) is 6.92 Å². The molecule has 0 aliphatic rings. The minimum atomic E-state index is -0.812. The number of ketones is 1. The van der Waals surface area contributed by atoms with Crippen LogP contribution in [-0.4, -0.2) is 22.2 Å². The molecule has 0 aliphatic carbocycles. The summed E-state index contributed by atoms with van der Waals surface area (Å²) < 4.78 is 1.87. The molecule has 0 spiro atoms. The van der Waals surface area contributed by atoms with Crippen LogP contribution in [0.25, 0.3) is 10.9 Å². The van der Waals surface area contributed by atoms with Gasteiger partial charge < -0.3 is 15.6 Å². The number of anilines is 1. The number of aryl methyl sites for hydroxylation is 1. The van der Waals surface area contributed by atoms with E-state index in [1.54, 1.807) is 25.1 Å². The van der Waals surface area contributed by atoms with Crippen molar-refractivity contribution in [3.05, 3.63) is 65.4 Å². The first-order valence-electron chi connectivity index (χ1n) is 7.70. The van der Waals surface area contributed by atoms with Gasteiger partial charge in [-0.25, -0.2) is 0 Å². The predicted molar refractivity (Wildman–Crippen MR) is 95.6 cm³/mol. The number of hydrogen-bond donors (Lipinski definition) is 2. The largest absolute Gasteiger partial charge is 0.366 e. The van der Waals surface area contributed by atoms with Crippen LogP contribution in [0.2, 0.25) is 0 Å². The van der Waals surface area contributed by atoms with Crippen molar-refractivity contribution in [3.63, 3.8) is 0 Å². The Bertz CT molecular complexity index is 1020. The van der Waals surface area contributed by atoms with Gasteiger partial charge in [-0.05, 0) is 25.1 Å². The Hall–Kier alpha value is -3.41. The third kappa shape index (κ3) is 2.78. The molecule has 3 N–H and O–H groups in total. The Morgan fingerprint density at radius 1 is 1.00 bits per heavy atom. The molecule has 3 rings (SSSR count). The van der Waals surface area contributed by atoms with Gasteiger partial charge >= 0.3 is 0 Å². The highest BCUT2D eigenvalue weighted by molar-refractivity contribution is 6.49. The Balaban J connectivity index is 1.99. The first kappa shape index (κ1) is 16.4. The Morgan fingerprint density at radius 2 is 1.64 bits per heavy atom. The van der Waals surface area contributed by atoms with Gasteiger partial charge in [-0.2, -0.15) is 0 Å². The molecule has 1 heterocycles. The lowest BCUT2D eigenvalue weighted by atomic mass is 10.1. The molecular formula is C19H17N3O3. The molecule has 0 fully saturated rings. The maximum absolute atomic E-state index is 12.7. The van der Waals surface area contributed by atoms with E-state index in [1.807, 2.05) is 29.8 Å². The maximum Gasteiger partial charge on any atom is 0.296 e. The van der Waals surface area contributed by atoms with E-state index in [9.17, 15) is 14.4 Å². The number of nitrogens with two attached hydrogens (primary N) is 1. The molecule has 0 unspecified atom stereocenters. The van der Waals surface area contributed by atoms with Crippen molar-refractivity contribution < 1.29 is 14.4 Å². The summed E-state index contributed by atoms with van der Waals surface area (Å²) in [5, 5.41) is 3.21. The van der Waals surface area contributed by atoms with Gasteiger partial charge in [-0.3, -0.25) is 14.4 Å². The summed E-state index contributed by atoms with van der Waals surface area (Å²) in [7, 11) is 1.84. The van der Waals surface area contributed by atoms with Gasteiger partial charge in [0.2, 0.25) is 0 Å². The Morgan fingerprint density at radius 3 is 2.36 bits per heavy atom. The zero-order valence-electron chi connectivity index (χ0n) is 13.9. The van der Waals surface area contributed by atoms with Crippen molar-refractivity contribution in [2.24, 2.45) is 12.8 Å². The number of nitrogens with zero attached hydrogens (tertiary/aromatic N) is 1. The number of carbonyl (C=O) groups is 3. The van der Waals surface area contributed by atoms with Crippen molar-refractivity contribution in [1.82, 2.24) is 4.57 Å². The lowest BCUT2D eigenvalue weighted by molar-refractivity contribution is -0.112. The zero-order chi connectivity index (χ0) is 18.1. The molecule has 25 heavy (non-hydrogen) atoms. The number of amides is 2. The van der Waals surface area contributed by atoms with Gasteiger partial charge in [0, 0.05) is 23.6 Å². The van der Waals surface area contributed by atoms with E-state index in [2.05, 4.69) is 5.32 Å². The molecule has 6 nitrogen and oxygen atoms in total. The highest BCUT2D eigenvalue weighted by atomic mass is 16.2. The standard InChI is InChI=1S/C19H17N3O3/c1-11-16(13-8-4-6-10-15(13)22(11)2)17(23)19(25)21-14-9-5-3-7-12(14)18(20)24/h3-10H,1-2H3,(H2,20,24)(H,21,25). The molecule has 0 bridgehead atoms. The summed E-state index contributed by atoms with van der Waals surface area (Å²) in [6.07, 6.45) is 0. The number of aromatic nitrogens is 1. The van der Waals surface area contributed by atoms with E-state index < -0.39 is 17.6 Å². The van der Waals surface area contributed by atoms with E-state index in [1.165, 1.54) is 12.1 Å². The normalized spacial score (nSPS) is 10.6. The summed E-state index contributed by atoms with van der Waals surface area (Å²) in [5.74, 6) is -2.15. The monoisotopic (exact) mass is 335 g/mol. The third-order valence-electron chi connectivity index (χ3n) is 4.27. The van der Waals surface area contributed by atoms with Crippen molar-refractivity contribution in [1.29, 1.82) is 0 Å². The summed E-state index contributed by atoms with van der Waals surface area (Å²) >= 11 is 0. The van der Waals surface area contributed by atoms with Crippen LogP contribution < -0.4 is 11.1 Å². The molecule has 1 aromatic heterocycles. The number of fused-ring (bicyclic) bond motifs is 1. The van der Waals surface area contributed by atoms with Crippen molar-refractivity contribution in [2.45, 2.75) is 6.92 Å². The van der Waals surface area contributed by atoms with Crippen molar-refractivity contribution >= 4 is 34.2 Å². The highest BCUT2D eigenvalue weighted by Crippen LogP contribution is 2.25. The van der Waals surface area contributed by atoms with Crippen molar-refractivity contribution in [2.75, 3.05) is 5.32 Å². The van der Waals surface area contributed by atoms with Crippen molar-refractivity contribution in [3.8, 4) is 0 Å². The molecule has 0 saturated carbocycles. The molecule has 0 aliphatic heterocycles. The number of Topliss-reactive ketones (excluding diaryl/α,β-unsaturated/α-hetero) is 1. The molecule has 3 aromatic rings. The molecule has 0 saturated heterocycles. The van der Waals surface area contributed by atoms with Crippen LogP contribution in [0.1, 0.15) is 26.4 Å². The summed E-state index contributed by atoms with van der Waals surface area (Å²) in [6, 6.07) is 13.7. The number of rotatable bonds is 4. The van der Waals surface area contributed by atoms with Crippen LogP contribution in [0.4, 0.5) is 5.69 Å². The Labute approximate surface area is 144 Å².